The molecule has 130 valence electrons. The molecule has 0 amide bonds. The van der Waals surface area contributed by atoms with Crippen LogP contribution in [0, 0.1) is 0 Å². The first kappa shape index (κ1) is 19.4. The lowest BCUT2D eigenvalue weighted by Crippen LogP contribution is -2.14. The number of hydrogen-bond acceptors (Lipinski definition) is 5. The van der Waals surface area contributed by atoms with Gasteiger partial charge in [-0.05, 0) is 36.4 Å². The maximum atomic E-state index is 11.8. The van der Waals surface area contributed by atoms with Crippen LogP contribution < -0.4 is 9.86 Å². The summed E-state index contributed by atoms with van der Waals surface area (Å²) in [4.78, 5) is 0.635. The standard InChI is InChI=1S/C13H12Cl2N2O4S3/c1-23(18,19)17-9-3-5-13(24(16,20)21)12(7-9)22-11-4-2-8(14)6-10(11)15/h2-7,17H,1H3,(H2,16,20,21). The van der Waals surface area contributed by atoms with Crippen LogP contribution in [-0.2, 0) is 20.0 Å². The highest BCUT2D eigenvalue weighted by atomic mass is 35.5. The zero-order valence-electron chi connectivity index (χ0n) is 12.2. The summed E-state index contributed by atoms with van der Waals surface area (Å²) in [7, 11) is -7.51. The van der Waals surface area contributed by atoms with E-state index < -0.39 is 20.0 Å². The number of sulfonamides is 2. The molecule has 2 aromatic rings. The van der Waals surface area contributed by atoms with E-state index in [9.17, 15) is 16.8 Å². The quantitative estimate of drug-likeness (QED) is 0.763. The van der Waals surface area contributed by atoms with E-state index in [4.69, 9.17) is 28.3 Å². The Morgan fingerprint density at radius 3 is 2.21 bits per heavy atom. The van der Waals surface area contributed by atoms with E-state index in [-0.39, 0.29) is 15.5 Å². The summed E-state index contributed by atoms with van der Waals surface area (Å²) >= 11 is 13.0. The van der Waals surface area contributed by atoms with E-state index in [0.717, 1.165) is 18.0 Å². The van der Waals surface area contributed by atoms with Gasteiger partial charge in [0.1, 0.15) is 0 Å². The van der Waals surface area contributed by atoms with Gasteiger partial charge in [0.05, 0.1) is 16.2 Å². The fourth-order valence-corrected chi connectivity index (χ4v) is 4.81. The molecule has 0 heterocycles. The molecule has 0 spiro atoms. The molecular formula is C13H12Cl2N2O4S3. The molecule has 0 aromatic heterocycles. The van der Waals surface area contributed by atoms with Crippen LogP contribution in [0.2, 0.25) is 10.0 Å². The van der Waals surface area contributed by atoms with Crippen molar-refractivity contribution in [2.45, 2.75) is 14.7 Å². The SMILES string of the molecule is CS(=O)(=O)Nc1ccc(S(N)(=O)=O)c(Sc2ccc(Cl)cc2Cl)c1. The molecule has 0 aliphatic heterocycles. The van der Waals surface area contributed by atoms with Gasteiger partial charge >= 0.3 is 0 Å². The molecule has 0 aliphatic rings. The summed E-state index contributed by atoms with van der Waals surface area (Å²) < 4.78 is 48.5. The Bertz CT molecular complexity index is 992. The van der Waals surface area contributed by atoms with Crippen molar-refractivity contribution in [1.82, 2.24) is 0 Å². The predicted molar refractivity (Wildman–Crippen MR) is 96.9 cm³/mol. The maximum absolute atomic E-state index is 11.8. The van der Waals surface area contributed by atoms with Crippen molar-refractivity contribution in [3.63, 3.8) is 0 Å². The third kappa shape index (κ3) is 5.27. The minimum absolute atomic E-state index is 0.141. The molecule has 2 aromatic carbocycles. The largest absolute Gasteiger partial charge is 0.284 e. The predicted octanol–water partition coefficient (Wildman–Crippen LogP) is 3.16. The fourth-order valence-electron chi connectivity index (χ4n) is 1.78. The average Bonchev–Trinajstić information content (AvgIpc) is 2.39. The molecule has 0 radical (unpaired) electrons. The second-order valence-corrected chi connectivity index (χ2v) is 9.96. The smallest absolute Gasteiger partial charge is 0.239 e. The third-order valence-corrected chi connectivity index (χ3v) is 6.17. The van der Waals surface area contributed by atoms with E-state index in [2.05, 4.69) is 4.72 Å². The van der Waals surface area contributed by atoms with Gasteiger partial charge < -0.3 is 0 Å². The molecule has 0 fully saturated rings. The summed E-state index contributed by atoms with van der Waals surface area (Å²) in [5.41, 5.74) is 0.206. The highest BCUT2D eigenvalue weighted by molar-refractivity contribution is 8.00. The summed E-state index contributed by atoms with van der Waals surface area (Å²) in [6.07, 6.45) is 0.990. The zero-order chi connectivity index (χ0) is 18.1. The normalized spacial score (nSPS) is 12.2. The highest BCUT2D eigenvalue weighted by Gasteiger charge is 2.17. The van der Waals surface area contributed by atoms with Gasteiger partial charge in [-0.2, -0.15) is 0 Å². The van der Waals surface area contributed by atoms with Gasteiger partial charge in [0.25, 0.3) is 0 Å². The van der Waals surface area contributed by atoms with Crippen LogP contribution in [0.5, 0.6) is 0 Å². The van der Waals surface area contributed by atoms with Crippen LogP contribution >= 0.6 is 35.0 Å². The van der Waals surface area contributed by atoms with Crippen molar-refractivity contribution in [2.24, 2.45) is 5.14 Å². The van der Waals surface area contributed by atoms with Gasteiger partial charge in [-0.1, -0.05) is 35.0 Å². The molecule has 0 aliphatic carbocycles. The number of halogens is 2. The van der Waals surface area contributed by atoms with Crippen molar-refractivity contribution in [2.75, 3.05) is 11.0 Å². The zero-order valence-corrected chi connectivity index (χ0v) is 16.1. The van der Waals surface area contributed by atoms with E-state index in [1.54, 1.807) is 12.1 Å². The maximum Gasteiger partial charge on any atom is 0.239 e. The Labute approximate surface area is 154 Å². The summed E-state index contributed by atoms with van der Waals surface area (Å²) in [6.45, 7) is 0. The minimum Gasteiger partial charge on any atom is -0.284 e. The van der Waals surface area contributed by atoms with Gasteiger partial charge in [0.15, 0.2) is 0 Å². The van der Waals surface area contributed by atoms with E-state index in [1.165, 1.54) is 24.3 Å². The Balaban J connectivity index is 2.53. The number of anilines is 1. The van der Waals surface area contributed by atoms with Crippen molar-refractivity contribution in [3.05, 3.63) is 46.4 Å². The van der Waals surface area contributed by atoms with Gasteiger partial charge in [0, 0.05) is 20.5 Å². The van der Waals surface area contributed by atoms with Crippen LogP contribution in [0.3, 0.4) is 0 Å². The second-order valence-electron chi connectivity index (χ2n) is 4.76. The molecule has 3 N–H and O–H groups in total. The molecule has 24 heavy (non-hydrogen) atoms. The van der Waals surface area contributed by atoms with Crippen LogP contribution in [0.25, 0.3) is 0 Å². The van der Waals surface area contributed by atoms with Crippen molar-refractivity contribution < 1.29 is 16.8 Å². The molecule has 0 saturated heterocycles. The lowest BCUT2D eigenvalue weighted by molar-refractivity contribution is 0.595. The highest BCUT2D eigenvalue weighted by Crippen LogP contribution is 2.38. The number of rotatable bonds is 5. The lowest BCUT2D eigenvalue weighted by atomic mass is 10.3. The Morgan fingerprint density at radius 2 is 1.67 bits per heavy atom. The van der Waals surface area contributed by atoms with Crippen LogP contribution in [0.1, 0.15) is 0 Å². The molecule has 6 nitrogen and oxygen atoms in total. The fraction of sp³-hybridized carbons (Fsp3) is 0.0769. The van der Waals surface area contributed by atoms with Crippen LogP contribution in [0.4, 0.5) is 5.69 Å². The molecule has 0 unspecified atom stereocenters. The molecule has 0 saturated carbocycles. The topological polar surface area (TPSA) is 106 Å². The van der Waals surface area contributed by atoms with Gasteiger partial charge in [0.2, 0.25) is 20.0 Å². The van der Waals surface area contributed by atoms with E-state index in [0.29, 0.717) is 14.9 Å². The van der Waals surface area contributed by atoms with Crippen molar-refractivity contribution >= 4 is 60.7 Å². The Hall–Kier alpha value is -0.970. The number of benzene rings is 2. The minimum atomic E-state index is -4.00. The van der Waals surface area contributed by atoms with Gasteiger partial charge in [-0.3, -0.25) is 4.72 Å². The number of primary sulfonamides is 1. The Kier molecular flexibility index (Phi) is 5.73. The first-order valence-electron chi connectivity index (χ1n) is 6.23. The van der Waals surface area contributed by atoms with Crippen molar-refractivity contribution in [1.29, 1.82) is 0 Å². The second kappa shape index (κ2) is 7.11. The first-order valence-corrected chi connectivity index (χ1v) is 11.2. The lowest BCUT2D eigenvalue weighted by Gasteiger charge is -2.12. The monoisotopic (exact) mass is 426 g/mol. The van der Waals surface area contributed by atoms with Gasteiger partial charge in [-0.25, -0.2) is 22.0 Å². The van der Waals surface area contributed by atoms with Gasteiger partial charge in [-0.15, -0.1) is 0 Å². The van der Waals surface area contributed by atoms with Crippen LogP contribution in [0.15, 0.2) is 51.1 Å². The van der Waals surface area contributed by atoms with E-state index >= 15 is 0 Å². The molecule has 2 rings (SSSR count). The Morgan fingerprint density at radius 1 is 1.00 bits per heavy atom. The number of hydrogen-bond donors (Lipinski definition) is 2. The molecular weight excluding hydrogens is 415 g/mol. The van der Waals surface area contributed by atoms with E-state index in [1.807, 2.05) is 0 Å². The third-order valence-electron chi connectivity index (χ3n) is 2.67. The molecule has 0 bridgehead atoms. The number of nitrogens with one attached hydrogen (secondary N) is 1. The average molecular weight is 427 g/mol. The summed E-state index contributed by atoms with van der Waals surface area (Å²) in [5.74, 6) is 0. The summed E-state index contributed by atoms with van der Waals surface area (Å²) in [6, 6.07) is 8.66. The van der Waals surface area contributed by atoms with Crippen LogP contribution in [-0.4, -0.2) is 23.1 Å². The van der Waals surface area contributed by atoms with Crippen molar-refractivity contribution in [3.8, 4) is 0 Å². The summed E-state index contributed by atoms with van der Waals surface area (Å²) in [5, 5.41) is 5.98. The first-order chi connectivity index (χ1) is 11.0. The molecule has 0 atom stereocenters. The number of nitrogens with two attached hydrogens (primary N) is 1. The molecule has 11 heteroatoms.